The van der Waals surface area contributed by atoms with Gasteiger partial charge in [-0.25, -0.2) is 13.6 Å². The van der Waals surface area contributed by atoms with E-state index in [-0.39, 0.29) is 29.4 Å². The molecule has 9 heteroatoms. The average molecular weight is 609 g/mol. The largest absolute Gasteiger partial charge is 0.508 e. The summed E-state index contributed by atoms with van der Waals surface area (Å²) in [6, 6.07) is 36.9. The number of phenolic OH excluding ortho intramolecular Hbond substituents is 4. The van der Waals surface area contributed by atoms with Crippen LogP contribution in [0.2, 0.25) is 0 Å². The molecular formula is C35H32N2O6S. The van der Waals surface area contributed by atoms with E-state index in [9.17, 15) is 28.8 Å². The summed E-state index contributed by atoms with van der Waals surface area (Å²) >= 11 is 0. The molecule has 1 saturated heterocycles. The Labute approximate surface area is 256 Å². The van der Waals surface area contributed by atoms with Crippen LogP contribution in [0.4, 0.5) is 0 Å². The molecule has 1 aliphatic heterocycles. The summed E-state index contributed by atoms with van der Waals surface area (Å²) in [6.07, 6.45) is 0. The van der Waals surface area contributed by atoms with Crippen molar-refractivity contribution in [2.75, 3.05) is 13.1 Å². The van der Waals surface area contributed by atoms with Crippen LogP contribution in [-0.4, -0.2) is 46.8 Å². The van der Waals surface area contributed by atoms with Crippen molar-refractivity contribution in [2.24, 2.45) is 5.14 Å². The molecule has 0 radical (unpaired) electrons. The highest BCUT2D eigenvalue weighted by molar-refractivity contribution is 7.89. The molecular weight excluding hydrogens is 576 g/mol. The Morgan fingerprint density at radius 3 is 1.57 bits per heavy atom. The zero-order valence-corrected chi connectivity index (χ0v) is 24.5. The number of nitrogens with zero attached hydrogens (tertiary/aromatic N) is 1. The topological polar surface area (TPSA) is 144 Å². The molecule has 0 aliphatic carbocycles. The molecule has 0 saturated carbocycles. The van der Waals surface area contributed by atoms with Gasteiger partial charge >= 0.3 is 0 Å². The van der Waals surface area contributed by atoms with E-state index in [2.05, 4.69) is 41.3 Å². The summed E-state index contributed by atoms with van der Waals surface area (Å²) in [4.78, 5) is 1.77. The highest BCUT2D eigenvalue weighted by atomic mass is 32.2. The number of primary sulfonamides is 1. The summed E-state index contributed by atoms with van der Waals surface area (Å²) < 4.78 is 24.8. The van der Waals surface area contributed by atoms with E-state index in [1.165, 1.54) is 18.2 Å². The van der Waals surface area contributed by atoms with E-state index in [1.807, 2.05) is 54.6 Å². The Morgan fingerprint density at radius 2 is 1.09 bits per heavy atom. The third kappa shape index (κ3) is 4.94. The molecule has 1 heterocycles. The van der Waals surface area contributed by atoms with Gasteiger partial charge in [-0.15, -0.1) is 0 Å². The predicted molar refractivity (Wildman–Crippen MR) is 167 cm³/mol. The van der Waals surface area contributed by atoms with Gasteiger partial charge in [-0.1, -0.05) is 97.1 Å². The minimum absolute atomic E-state index is 0.0414. The molecule has 5 aromatic carbocycles. The first-order valence-electron chi connectivity index (χ1n) is 14.1. The maximum Gasteiger partial charge on any atom is 0.241 e. The number of sulfonamides is 1. The lowest BCUT2D eigenvalue weighted by atomic mass is 9.75. The summed E-state index contributed by atoms with van der Waals surface area (Å²) in [6.45, 7) is 0.631. The van der Waals surface area contributed by atoms with E-state index in [0.29, 0.717) is 12.1 Å². The molecule has 44 heavy (non-hydrogen) atoms. The van der Waals surface area contributed by atoms with E-state index >= 15 is 0 Å². The van der Waals surface area contributed by atoms with E-state index in [1.54, 1.807) is 6.07 Å². The molecule has 2 atom stereocenters. The van der Waals surface area contributed by atoms with Crippen molar-refractivity contribution >= 4 is 10.0 Å². The first-order valence-corrected chi connectivity index (χ1v) is 15.7. The van der Waals surface area contributed by atoms with Gasteiger partial charge in [0, 0.05) is 30.5 Å². The van der Waals surface area contributed by atoms with E-state index < -0.39 is 38.0 Å². The van der Waals surface area contributed by atoms with Gasteiger partial charge < -0.3 is 20.4 Å². The van der Waals surface area contributed by atoms with E-state index in [0.717, 1.165) is 22.8 Å². The Kier molecular flexibility index (Phi) is 7.54. The lowest BCUT2D eigenvalue weighted by Crippen LogP contribution is -2.47. The van der Waals surface area contributed by atoms with Gasteiger partial charge in [0.15, 0.2) is 11.5 Å². The van der Waals surface area contributed by atoms with Gasteiger partial charge in [-0.2, -0.15) is 0 Å². The maximum absolute atomic E-state index is 12.4. The molecule has 0 amide bonds. The van der Waals surface area contributed by atoms with Gasteiger partial charge in [0.25, 0.3) is 0 Å². The van der Waals surface area contributed by atoms with Crippen molar-refractivity contribution in [1.29, 1.82) is 0 Å². The highest BCUT2D eigenvalue weighted by Gasteiger charge is 2.49. The fourth-order valence-corrected chi connectivity index (χ4v) is 7.37. The van der Waals surface area contributed by atoms with Crippen LogP contribution >= 0.6 is 0 Å². The molecule has 5 aromatic rings. The fourth-order valence-electron chi connectivity index (χ4n) is 6.74. The van der Waals surface area contributed by atoms with Crippen molar-refractivity contribution in [3.05, 3.63) is 149 Å². The molecule has 0 spiro atoms. The number of phenols is 4. The molecule has 1 fully saturated rings. The quantitative estimate of drug-likeness (QED) is 0.124. The summed E-state index contributed by atoms with van der Waals surface area (Å²) in [7, 11) is -4.32. The minimum atomic E-state index is -4.32. The third-order valence-electron chi connectivity index (χ3n) is 8.63. The molecule has 1 aliphatic rings. The van der Waals surface area contributed by atoms with Crippen molar-refractivity contribution in [1.82, 2.24) is 4.90 Å². The second-order valence-electron chi connectivity index (χ2n) is 11.1. The van der Waals surface area contributed by atoms with Crippen LogP contribution in [0.1, 0.15) is 39.7 Å². The summed E-state index contributed by atoms with van der Waals surface area (Å²) in [5, 5.41) is 48.5. The number of hydrogen-bond acceptors (Lipinski definition) is 7. The minimum Gasteiger partial charge on any atom is -0.508 e. The molecule has 8 nitrogen and oxygen atoms in total. The fraction of sp³-hybridized carbons (Fsp3) is 0.143. The zero-order chi connectivity index (χ0) is 31.1. The maximum atomic E-state index is 12.4. The van der Waals surface area contributed by atoms with Crippen molar-refractivity contribution in [3.63, 3.8) is 0 Å². The lowest BCUT2D eigenvalue weighted by molar-refractivity contribution is 0.194. The van der Waals surface area contributed by atoms with Gasteiger partial charge in [0.05, 0.1) is 5.54 Å². The third-order valence-corrected chi connectivity index (χ3v) is 9.57. The second kappa shape index (κ2) is 11.3. The average Bonchev–Trinajstić information content (AvgIpc) is 3.45. The van der Waals surface area contributed by atoms with Crippen LogP contribution in [0.25, 0.3) is 0 Å². The number of rotatable bonds is 7. The van der Waals surface area contributed by atoms with Crippen LogP contribution in [-0.2, 0) is 15.6 Å². The summed E-state index contributed by atoms with van der Waals surface area (Å²) in [5.74, 6) is -2.61. The Hall–Kier alpha value is -4.83. The number of benzene rings is 5. The zero-order valence-electron chi connectivity index (χ0n) is 23.7. The van der Waals surface area contributed by atoms with Gasteiger partial charge in [-0.05, 0) is 46.5 Å². The molecule has 6 rings (SSSR count). The van der Waals surface area contributed by atoms with E-state index in [4.69, 9.17) is 5.14 Å². The first-order chi connectivity index (χ1) is 21.1. The Bertz CT molecular complexity index is 1800. The van der Waals surface area contributed by atoms with Crippen LogP contribution in [0.3, 0.4) is 0 Å². The van der Waals surface area contributed by atoms with Crippen molar-refractivity contribution < 1.29 is 28.8 Å². The van der Waals surface area contributed by atoms with Gasteiger partial charge in [-0.3, -0.25) is 4.90 Å². The number of aromatic hydroxyl groups is 4. The number of hydrogen-bond donors (Lipinski definition) is 5. The van der Waals surface area contributed by atoms with Gasteiger partial charge in [0.1, 0.15) is 16.4 Å². The van der Waals surface area contributed by atoms with Crippen LogP contribution in [0.15, 0.2) is 126 Å². The molecule has 0 bridgehead atoms. The smallest absolute Gasteiger partial charge is 0.241 e. The Morgan fingerprint density at radius 1 is 0.614 bits per heavy atom. The second-order valence-corrected chi connectivity index (χ2v) is 12.6. The number of likely N-dealkylation sites (tertiary alicyclic amines) is 1. The summed E-state index contributed by atoms with van der Waals surface area (Å²) in [5.41, 5.74) is 2.78. The molecule has 224 valence electrons. The van der Waals surface area contributed by atoms with Crippen molar-refractivity contribution in [2.45, 2.75) is 22.3 Å². The molecule has 0 aromatic heterocycles. The van der Waals surface area contributed by atoms with Crippen molar-refractivity contribution in [3.8, 4) is 23.0 Å². The normalized spacial score (nSPS) is 17.5. The van der Waals surface area contributed by atoms with Gasteiger partial charge in [0.2, 0.25) is 10.0 Å². The monoisotopic (exact) mass is 608 g/mol. The predicted octanol–water partition coefficient (Wildman–Crippen LogP) is 5.33. The van der Waals surface area contributed by atoms with Crippen LogP contribution < -0.4 is 5.14 Å². The lowest BCUT2D eigenvalue weighted by Gasteiger charge is -2.44. The van der Waals surface area contributed by atoms with Crippen LogP contribution in [0.5, 0.6) is 23.0 Å². The first kappa shape index (κ1) is 29.3. The SMILES string of the molecule is NS(=O)(=O)c1ccc(O)c([C@@H]2CN(C(c3ccccc3)(c3ccccc3)c3ccccc3)C[C@H]2c2ccc(O)c(O)c2)c1O. The highest BCUT2D eigenvalue weighted by Crippen LogP contribution is 2.53. The molecule has 0 unspecified atom stereocenters. The Balaban J connectivity index is 1.63. The standard InChI is InChI=1S/C35H32N2O6S/c36-44(42,43)32-19-18-30(39)33(34(32)41)28-22-37(21-27(28)23-16-17-29(38)31(40)20-23)35(24-10-4-1-5-11-24,25-12-6-2-7-13-25)26-14-8-3-9-15-26/h1-20,27-28,38-41H,21-22H2,(H2,36,42,43)/t27-,28+/m0/s1. The molecule has 6 N–H and O–H groups in total. The van der Waals surface area contributed by atoms with Crippen LogP contribution in [0, 0.1) is 0 Å². The number of nitrogens with two attached hydrogens (primary N) is 1.